The van der Waals surface area contributed by atoms with Gasteiger partial charge in [0.2, 0.25) is 5.95 Å². The van der Waals surface area contributed by atoms with E-state index < -0.39 is 0 Å². The molecule has 3 aromatic rings. The molecule has 1 atom stereocenters. The molecule has 1 saturated heterocycles. The molecular weight excluding hydrogens is 382 g/mol. The Morgan fingerprint density at radius 1 is 1.17 bits per heavy atom. The number of cyclic esters (lactones) is 1. The van der Waals surface area contributed by atoms with E-state index in [1.807, 2.05) is 49.1 Å². The van der Waals surface area contributed by atoms with Gasteiger partial charge < -0.3 is 9.47 Å². The molecule has 8 nitrogen and oxygen atoms in total. The van der Waals surface area contributed by atoms with Gasteiger partial charge >= 0.3 is 5.97 Å². The molecule has 2 aromatic heterocycles. The van der Waals surface area contributed by atoms with Gasteiger partial charge in [-0.15, -0.1) is 0 Å². The molecule has 0 saturated carbocycles. The zero-order chi connectivity index (χ0) is 20.7. The summed E-state index contributed by atoms with van der Waals surface area (Å²) in [7, 11) is 0. The molecule has 0 N–H and O–H groups in total. The third-order valence-corrected chi connectivity index (χ3v) is 5.75. The third-order valence-electron chi connectivity index (χ3n) is 5.75. The predicted octanol–water partition coefficient (Wildman–Crippen LogP) is 2.52. The van der Waals surface area contributed by atoms with Gasteiger partial charge in [0.15, 0.2) is 0 Å². The van der Waals surface area contributed by atoms with E-state index in [0.29, 0.717) is 24.7 Å². The van der Waals surface area contributed by atoms with Crippen LogP contribution in [0.4, 0.5) is 0 Å². The molecule has 154 valence electrons. The molecule has 8 heteroatoms. The lowest BCUT2D eigenvalue weighted by Crippen LogP contribution is -2.38. The summed E-state index contributed by atoms with van der Waals surface area (Å²) in [4.78, 5) is 27.3. The minimum absolute atomic E-state index is 0.0335. The first-order valence-corrected chi connectivity index (χ1v) is 10.0. The summed E-state index contributed by atoms with van der Waals surface area (Å²) >= 11 is 0. The number of ether oxygens (including phenoxy) is 2. The van der Waals surface area contributed by atoms with Gasteiger partial charge in [0, 0.05) is 49.4 Å². The van der Waals surface area contributed by atoms with Crippen LogP contribution in [0.1, 0.15) is 44.4 Å². The highest BCUT2D eigenvalue weighted by molar-refractivity contribution is 5.93. The Morgan fingerprint density at radius 2 is 2.00 bits per heavy atom. The van der Waals surface area contributed by atoms with Crippen molar-refractivity contribution in [1.29, 1.82) is 0 Å². The molecular formula is C22H23N5O3. The van der Waals surface area contributed by atoms with Gasteiger partial charge in [-0.2, -0.15) is 0 Å². The summed E-state index contributed by atoms with van der Waals surface area (Å²) in [6.07, 6.45) is 7.32. The molecule has 1 fully saturated rings. The van der Waals surface area contributed by atoms with Gasteiger partial charge in [-0.1, -0.05) is 6.07 Å². The third kappa shape index (κ3) is 3.48. The van der Waals surface area contributed by atoms with E-state index in [4.69, 9.17) is 9.47 Å². The number of imidazole rings is 1. The summed E-state index contributed by atoms with van der Waals surface area (Å²) in [5.74, 6) is 0.380. The number of hydrogen-bond acceptors (Lipinski definition) is 7. The Bertz CT molecular complexity index is 1090. The number of carbonyl (C=O) groups is 1. The topological polar surface area (TPSA) is 82.4 Å². The van der Waals surface area contributed by atoms with Crippen molar-refractivity contribution < 1.29 is 14.3 Å². The van der Waals surface area contributed by atoms with Crippen LogP contribution in [0.15, 0.2) is 37.1 Å². The highest BCUT2D eigenvalue weighted by Crippen LogP contribution is 2.32. The average molecular weight is 405 g/mol. The lowest BCUT2D eigenvalue weighted by atomic mass is 9.94. The van der Waals surface area contributed by atoms with Gasteiger partial charge in [0.05, 0.1) is 24.0 Å². The Labute approximate surface area is 174 Å². The number of aryl methyl sites for hydroxylation is 1. The monoisotopic (exact) mass is 405 g/mol. The van der Waals surface area contributed by atoms with Crippen molar-refractivity contribution in [3.63, 3.8) is 0 Å². The number of nitrogens with zero attached hydrogens (tertiary/aromatic N) is 5. The number of aromatic nitrogens is 4. The van der Waals surface area contributed by atoms with Gasteiger partial charge in [0.25, 0.3) is 0 Å². The highest BCUT2D eigenvalue weighted by Gasteiger charge is 2.29. The van der Waals surface area contributed by atoms with E-state index in [1.165, 1.54) is 0 Å². The van der Waals surface area contributed by atoms with Crippen LogP contribution >= 0.6 is 0 Å². The van der Waals surface area contributed by atoms with E-state index in [2.05, 4.69) is 19.9 Å². The second-order valence-electron chi connectivity index (χ2n) is 7.79. The number of fused-ring (bicyclic) bond motifs is 1. The van der Waals surface area contributed by atoms with E-state index in [1.54, 1.807) is 6.33 Å². The van der Waals surface area contributed by atoms with Crippen LogP contribution in [0, 0.1) is 13.8 Å². The Balaban J connectivity index is 1.29. The highest BCUT2D eigenvalue weighted by atomic mass is 16.5. The fourth-order valence-electron chi connectivity index (χ4n) is 4.10. The maximum atomic E-state index is 11.8. The van der Waals surface area contributed by atoms with E-state index in [-0.39, 0.29) is 12.1 Å². The Kier molecular flexibility index (Phi) is 4.80. The molecule has 4 heterocycles. The van der Waals surface area contributed by atoms with Crippen LogP contribution in [-0.4, -0.2) is 50.1 Å². The zero-order valence-electron chi connectivity index (χ0n) is 17.0. The Hall–Kier alpha value is -3.10. The molecule has 0 amide bonds. The molecule has 1 aromatic carbocycles. The SMILES string of the molecule is Cc1cn(-c2ncc(CN3CCO[C@H](c4ccc5c(c4C)COC5=O)C3)cn2)cn1. The van der Waals surface area contributed by atoms with Crippen molar-refractivity contribution in [2.45, 2.75) is 33.1 Å². The first kappa shape index (κ1) is 18.9. The van der Waals surface area contributed by atoms with Crippen LogP contribution in [0.3, 0.4) is 0 Å². The van der Waals surface area contributed by atoms with E-state index >= 15 is 0 Å². The van der Waals surface area contributed by atoms with Crippen molar-refractivity contribution in [1.82, 2.24) is 24.4 Å². The quantitative estimate of drug-likeness (QED) is 0.617. The Morgan fingerprint density at radius 3 is 2.77 bits per heavy atom. The van der Waals surface area contributed by atoms with Crippen LogP contribution in [0.5, 0.6) is 0 Å². The second kappa shape index (κ2) is 7.62. The lowest BCUT2D eigenvalue weighted by molar-refractivity contribution is -0.0333. The van der Waals surface area contributed by atoms with Gasteiger partial charge in [-0.25, -0.2) is 19.7 Å². The maximum Gasteiger partial charge on any atom is 0.338 e. The normalized spacial score (nSPS) is 19.0. The average Bonchev–Trinajstić information content (AvgIpc) is 3.35. The molecule has 0 unspecified atom stereocenters. The van der Waals surface area contributed by atoms with E-state index in [9.17, 15) is 4.79 Å². The lowest BCUT2D eigenvalue weighted by Gasteiger charge is -2.34. The van der Waals surface area contributed by atoms with E-state index in [0.717, 1.165) is 47.6 Å². The summed E-state index contributed by atoms with van der Waals surface area (Å²) < 4.78 is 13.1. The number of esters is 1. The molecule has 5 rings (SSSR count). The number of benzene rings is 1. The van der Waals surface area contributed by atoms with Gasteiger partial charge in [-0.3, -0.25) is 9.47 Å². The zero-order valence-corrected chi connectivity index (χ0v) is 17.0. The molecule has 0 aliphatic carbocycles. The summed E-state index contributed by atoms with van der Waals surface area (Å²) in [5, 5.41) is 0. The number of morpholine rings is 1. The molecule has 2 aliphatic heterocycles. The molecule has 2 aliphatic rings. The van der Waals surface area contributed by atoms with Crippen molar-refractivity contribution in [3.05, 3.63) is 70.6 Å². The van der Waals surface area contributed by atoms with Crippen molar-refractivity contribution in [2.24, 2.45) is 0 Å². The smallest absolute Gasteiger partial charge is 0.338 e. The summed E-state index contributed by atoms with van der Waals surface area (Å²) in [6, 6.07) is 3.86. The van der Waals surface area contributed by atoms with Crippen LogP contribution < -0.4 is 0 Å². The van der Waals surface area contributed by atoms with Gasteiger partial charge in [-0.05, 0) is 31.0 Å². The van der Waals surface area contributed by atoms with Crippen molar-refractivity contribution >= 4 is 5.97 Å². The molecule has 0 bridgehead atoms. The van der Waals surface area contributed by atoms with Crippen LogP contribution in [-0.2, 0) is 22.6 Å². The fraction of sp³-hybridized carbons (Fsp3) is 0.364. The number of rotatable bonds is 4. The fourth-order valence-corrected chi connectivity index (χ4v) is 4.10. The van der Waals surface area contributed by atoms with Gasteiger partial charge in [0.1, 0.15) is 12.9 Å². The number of hydrogen-bond donors (Lipinski definition) is 0. The molecule has 0 spiro atoms. The van der Waals surface area contributed by atoms with Crippen LogP contribution in [0.2, 0.25) is 0 Å². The predicted molar refractivity (Wildman–Crippen MR) is 108 cm³/mol. The molecule has 30 heavy (non-hydrogen) atoms. The molecule has 0 radical (unpaired) electrons. The van der Waals surface area contributed by atoms with Crippen molar-refractivity contribution in [2.75, 3.05) is 19.7 Å². The second-order valence-corrected chi connectivity index (χ2v) is 7.79. The standard InChI is InChI=1S/C22H23N5O3/c1-14-9-27(13-25-14)22-23-7-16(8-24-22)10-26-5-6-29-20(11-26)17-3-4-18-19(15(17)2)12-30-21(18)28/h3-4,7-9,13,20H,5-6,10-12H2,1-2H3/t20-/m0/s1. The summed E-state index contributed by atoms with van der Waals surface area (Å²) in [6.45, 7) is 7.38. The maximum absolute atomic E-state index is 11.8. The number of carbonyl (C=O) groups excluding carboxylic acids is 1. The minimum atomic E-state index is -0.236. The minimum Gasteiger partial charge on any atom is -0.457 e. The first-order valence-electron chi connectivity index (χ1n) is 10.0. The van der Waals surface area contributed by atoms with Crippen LogP contribution in [0.25, 0.3) is 5.95 Å². The van der Waals surface area contributed by atoms with Crippen molar-refractivity contribution in [3.8, 4) is 5.95 Å². The largest absolute Gasteiger partial charge is 0.457 e. The summed E-state index contributed by atoms with van der Waals surface area (Å²) in [5.41, 5.74) is 5.86. The first-order chi connectivity index (χ1) is 14.6.